The van der Waals surface area contributed by atoms with Crippen molar-refractivity contribution in [3.05, 3.63) is 71.0 Å². The van der Waals surface area contributed by atoms with Gasteiger partial charge < -0.3 is 4.42 Å². The third-order valence-corrected chi connectivity index (χ3v) is 4.86. The zero-order valence-electron chi connectivity index (χ0n) is 13.2. The lowest BCUT2D eigenvalue weighted by atomic mass is 9.95. The molecule has 122 valence electrons. The number of benzene rings is 1. The monoisotopic (exact) mass is 341 g/mol. The van der Waals surface area contributed by atoms with Crippen LogP contribution in [0.5, 0.6) is 0 Å². The van der Waals surface area contributed by atoms with Crippen molar-refractivity contribution in [1.82, 2.24) is 4.98 Å². The van der Waals surface area contributed by atoms with Gasteiger partial charge in [0.25, 0.3) is 0 Å². The van der Waals surface area contributed by atoms with Crippen molar-refractivity contribution in [3.63, 3.8) is 0 Å². The van der Waals surface area contributed by atoms with E-state index in [4.69, 9.17) is 4.42 Å². The molecule has 1 aromatic carbocycles. The first-order valence-electron chi connectivity index (χ1n) is 7.21. The highest BCUT2D eigenvalue weighted by Gasteiger charge is 2.16. The van der Waals surface area contributed by atoms with Gasteiger partial charge in [0.1, 0.15) is 0 Å². The third kappa shape index (κ3) is 3.00. The first-order valence-corrected chi connectivity index (χ1v) is 9.10. The predicted octanol–water partition coefficient (Wildman–Crippen LogP) is 3.08. The van der Waals surface area contributed by atoms with Crippen molar-refractivity contribution in [2.24, 2.45) is 0 Å². The zero-order valence-corrected chi connectivity index (χ0v) is 14.0. The fourth-order valence-electron chi connectivity index (χ4n) is 2.59. The summed E-state index contributed by atoms with van der Waals surface area (Å²) < 4.78 is 28.4. The molecule has 24 heavy (non-hydrogen) atoms. The molecule has 0 spiro atoms. The number of rotatable bonds is 3. The molecule has 0 bridgehead atoms. The average molecular weight is 341 g/mol. The Morgan fingerprint density at radius 2 is 1.88 bits per heavy atom. The van der Waals surface area contributed by atoms with E-state index in [1.807, 2.05) is 6.92 Å². The Bertz CT molecular complexity index is 1050. The summed E-state index contributed by atoms with van der Waals surface area (Å²) in [4.78, 5) is 16.6. The number of aryl methyl sites for hydroxylation is 1. The molecule has 0 aliphatic rings. The van der Waals surface area contributed by atoms with Crippen LogP contribution in [0.4, 0.5) is 0 Å². The number of nitrogens with zero attached hydrogens (tertiary/aromatic N) is 1. The van der Waals surface area contributed by atoms with Gasteiger partial charge in [0.15, 0.2) is 9.84 Å². The molecule has 0 radical (unpaired) electrons. The molecule has 0 fully saturated rings. The van der Waals surface area contributed by atoms with Crippen LogP contribution in [-0.2, 0) is 9.84 Å². The molecule has 0 N–H and O–H groups in total. The molecule has 2 aromatic heterocycles. The van der Waals surface area contributed by atoms with E-state index in [1.165, 1.54) is 12.5 Å². The van der Waals surface area contributed by atoms with Crippen molar-refractivity contribution >= 4 is 9.84 Å². The number of aromatic nitrogens is 1. The second-order valence-corrected chi connectivity index (χ2v) is 7.50. The van der Waals surface area contributed by atoms with Gasteiger partial charge in [0.2, 0.25) is 0 Å². The van der Waals surface area contributed by atoms with Crippen LogP contribution in [-0.4, -0.2) is 19.7 Å². The van der Waals surface area contributed by atoms with Crippen LogP contribution < -0.4 is 5.63 Å². The van der Waals surface area contributed by atoms with Crippen LogP contribution >= 0.6 is 0 Å². The summed E-state index contributed by atoms with van der Waals surface area (Å²) in [6.07, 6.45) is 5.72. The van der Waals surface area contributed by atoms with Gasteiger partial charge in [0.05, 0.1) is 16.7 Å². The molecule has 0 atom stereocenters. The summed E-state index contributed by atoms with van der Waals surface area (Å²) in [6.45, 7) is 1.81. The molecule has 2 heterocycles. The minimum Gasteiger partial charge on any atom is -0.431 e. The number of pyridine rings is 1. The van der Waals surface area contributed by atoms with Crippen molar-refractivity contribution in [3.8, 4) is 22.3 Å². The molecule has 0 amide bonds. The molecule has 0 aliphatic carbocycles. The van der Waals surface area contributed by atoms with Crippen molar-refractivity contribution in [2.75, 3.05) is 6.26 Å². The standard InChI is InChI=1S/C18H15NO4S/c1-12-10-14(24(2,21)22)5-6-15(12)16-7-9-23-18(20)17(16)13-4-3-8-19-11-13/h3-11H,1-2H3. The van der Waals surface area contributed by atoms with Gasteiger partial charge in [-0.1, -0.05) is 12.1 Å². The molecule has 3 rings (SSSR count). The van der Waals surface area contributed by atoms with Crippen LogP contribution in [0.1, 0.15) is 5.56 Å². The maximum atomic E-state index is 12.3. The van der Waals surface area contributed by atoms with E-state index in [0.717, 1.165) is 11.1 Å². The Morgan fingerprint density at radius 3 is 2.50 bits per heavy atom. The van der Waals surface area contributed by atoms with Gasteiger partial charge in [-0.2, -0.15) is 0 Å². The van der Waals surface area contributed by atoms with E-state index in [-0.39, 0.29) is 4.90 Å². The molecule has 3 aromatic rings. The van der Waals surface area contributed by atoms with Crippen molar-refractivity contribution in [1.29, 1.82) is 0 Å². The Balaban J connectivity index is 2.25. The van der Waals surface area contributed by atoms with Gasteiger partial charge in [-0.05, 0) is 42.3 Å². The Kier molecular flexibility index (Phi) is 4.07. The van der Waals surface area contributed by atoms with Crippen molar-refractivity contribution in [2.45, 2.75) is 11.8 Å². The van der Waals surface area contributed by atoms with Crippen LogP contribution in [0, 0.1) is 6.92 Å². The fraction of sp³-hybridized carbons (Fsp3) is 0.111. The smallest absolute Gasteiger partial charge is 0.344 e. The fourth-order valence-corrected chi connectivity index (χ4v) is 3.30. The van der Waals surface area contributed by atoms with Gasteiger partial charge >= 0.3 is 5.63 Å². The highest BCUT2D eigenvalue weighted by atomic mass is 32.2. The summed E-state index contributed by atoms with van der Waals surface area (Å²) in [5, 5.41) is 0. The first-order chi connectivity index (χ1) is 11.4. The molecular formula is C18H15NO4S. The second kappa shape index (κ2) is 6.05. The van der Waals surface area contributed by atoms with Gasteiger partial charge in [-0.25, -0.2) is 13.2 Å². The average Bonchev–Trinajstić information content (AvgIpc) is 2.54. The van der Waals surface area contributed by atoms with Crippen LogP contribution in [0.15, 0.2) is 69.2 Å². The predicted molar refractivity (Wildman–Crippen MR) is 91.5 cm³/mol. The molecule has 0 unspecified atom stereocenters. The summed E-state index contributed by atoms with van der Waals surface area (Å²) in [5.74, 6) is 0. The molecule has 0 saturated carbocycles. The SMILES string of the molecule is Cc1cc(S(C)(=O)=O)ccc1-c1ccoc(=O)c1-c1cccnc1. The molecule has 5 nitrogen and oxygen atoms in total. The van der Waals surface area contributed by atoms with E-state index in [2.05, 4.69) is 4.98 Å². The minimum atomic E-state index is -3.28. The van der Waals surface area contributed by atoms with Crippen LogP contribution in [0.2, 0.25) is 0 Å². The first kappa shape index (κ1) is 16.1. The van der Waals surface area contributed by atoms with E-state index in [1.54, 1.807) is 48.8 Å². The quantitative estimate of drug-likeness (QED) is 0.731. The topological polar surface area (TPSA) is 77.2 Å². The van der Waals surface area contributed by atoms with Gasteiger partial charge in [-0.3, -0.25) is 4.98 Å². The van der Waals surface area contributed by atoms with Crippen LogP contribution in [0.25, 0.3) is 22.3 Å². The van der Waals surface area contributed by atoms with E-state index in [0.29, 0.717) is 16.7 Å². The molecular weight excluding hydrogens is 326 g/mol. The molecule has 0 saturated heterocycles. The van der Waals surface area contributed by atoms with E-state index in [9.17, 15) is 13.2 Å². The maximum absolute atomic E-state index is 12.3. The van der Waals surface area contributed by atoms with Gasteiger partial charge in [-0.15, -0.1) is 0 Å². The summed E-state index contributed by atoms with van der Waals surface area (Å²) in [7, 11) is -3.28. The normalized spacial score (nSPS) is 11.4. The Morgan fingerprint density at radius 1 is 1.08 bits per heavy atom. The second-order valence-electron chi connectivity index (χ2n) is 5.49. The highest BCUT2D eigenvalue weighted by molar-refractivity contribution is 7.90. The number of hydrogen-bond acceptors (Lipinski definition) is 5. The largest absolute Gasteiger partial charge is 0.431 e. The lowest BCUT2D eigenvalue weighted by Crippen LogP contribution is -2.05. The van der Waals surface area contributed by atoms with Gasteiger partial charge in [0, 0.05) is 29.8 Å². The molecule has 6 heteroatoms. The number of hydrogen-bond donors (Lipinski definition) is 0. The zero-order chi connectivity index (χ0) is 17.3. The molecule has 0 aliphatic heterocycles. The highest BCUT2D eigenvalue weighted by Crippen LogP contribution is 2.32. The lowest BCUT2D eigenvalue weighted by molar-refractivity contribution is 0.514. The Hall–Kier alpha value is -2.73. The lowest BCUT2D eigenvalue weighted by Gasteiger charge is -2.11. The summed E-state index contributed by atoms with van der Waals surface area (Å²) in [6, 6.07) is 10.1. The third-order valence-electron chi connectivity index (χ3n) is 3.75. The number of sulfone groups is 1. The summed E-state index contributed by atoms with van der Waals surface area (Å²) >= 11 is 0. The summed E-state index contributed by atoms with van der Waals surface area (Å²) in [5.41, 5.74) is 2.79. The van der Waals surface area contributed by atoms with E-state index < -0.39 is 15.5 Å². The minimum absolute atomic E-state index is 0.245. The Labute approximate surface area is 139 Å². The van der Waals surface area contributed by atoms with E-state index >= 15 is 0 Å². The maximum Gasteiger partial charge on any atom is 0.344 e. The van der Waals surface area contributed by atoms with Crippen LogP contribution in [0.3, 0.4) is 0 Å². The van der Waals surface area contributed by atoms with Crippen molar-refractivity contribution < 1.29 is 12.8 Å².